The number of unbranched alkanes of at least 4 members (excludes halogenated alkanes) is 1. The van der Waals surface area contributed by atoms with Crippen LogP contribution in [0.3, 0.4) is 0 Å². The topological polar surface area (TPSA) is 54.4 Å². The molecule has 0 amide bonds. The molecule has 124 valence electrons. The summed E-state index contributed by atoms with van der Waals surface area (Å²) in [6.45, 7) is 4.30. The van der Waals surface area contributed by atoms with Crippen LogP contribution in [0, 0.1) is 17.7 Å². The van der Waals surface area contributed by atoms with Gasteiger partial charge >= 0.3 is 0 Å². The molecule has 22 heavy (non-hydrogen) atoms. The Morgan fingerprint density at radius 2 is 1.82 bits per heavy atom. The highest BCUT2D eigenvalue weighted by molar-refractivity contribution is 7.85. The molecule has 1 aromatic carbocycles. The van der Waals surface area contributed by atoms with Gasteiger partial charge in [-0.05, 0) is 48.8 Å². The Morgan fingerprint density at radius 3 is 2.36 bits per heavy atom. The molecule has 0 aliphatic heterocycles. The summed E-state index contributed by atoms with van der Waals surface area (Å²) in [6.07, 6.45) is 7.22. The molecule has 1 N–H and O–H groups in total. The van der Waals surface area contributed by atoms with Crippen LogP contribution in [0.5, 0.6) is 0 Å². The van der Waals surface area contributed by atoms with Crippen molar-refractivity contribution >= 4 is 16.2 Å². The van der Waals surface area contributed by atoms with E-state index >= 15 is 0 Å². The summed E-state index contributed by atoms with van der Waals surface area (Å²) in [5.41, 5.74) is 0.952. The van der Waals surface area contributed by atoms with Crippen molar-refractivity contribution in [1.82, 2.24) is 0 Å². The molecule has 0 aliphatic carbocycles. The lowest BCUT2D eigenvalue weighted by atomic mass is 9.91. The van der Waals surface area contributed by atoms with Gasteiger partial charge in [-0.1, -0.05) is 44.6 Å². The highest BCUT2D eigenvalue weighted by Crippen LogP contribution is 2.21. The summed E-state index contributed by atoms with van der Waals surface area (Å²) in [5, 5.41) is 0. The van der Waals surface area contributed by atoms with Crippen molar-refractivity contribution in [1.29, 1.82) is 0 Å². The maximum Gasteiger partial charge on any atom is 0.264 e. The first kappa shape index (κ1) is 18.8. The molecule has 0 aliphatic rings. The molecule has 1 rings (SSSR count). The summed E-state index contributed by atoms with van der Waals surface area (Å²) < 4.78 is 43.0. The van der Waals surface area contributed by atoms with Gasteiger partial charge in [0, 0.05) is 0 Å². The largest absolute Gasteiger partial charge is 0.286 e. The minimum atomic E-state index is -3.86. The molecule has 0 radical (unpaired) electrons. The van der Waals surface area contributed by atoms with Crippen LogP contribution in [0.2, 0.25) is 0 Å². The average Bonchev–Trinajstić information content (AvgIpc) is 2.40. The minimum absolute atomic E-state index is 0.178. The van der Waals surface area contributed by atoms with E-state index in [0.717, 1.165) is 24.8 Å². The van der Waals surface area contributed by atoms with Crippen molar-refractivity contribution in [2.75, 3.05) is 5.75 Å². The number of allylic oxidation sites excluding steroid dienone is 1. The first-order valence-electron chi connectivity index (χ1n) is 7.65. The fraction of sp³-hybridized carbons (Fsp3) is 0.529. The Hall–Kier alpha value is -1.20. The summed E-state index contributed by atoms with van der Waals surface area (Å²) in [5.74, 6) is 0.472. The Morgan fingerprint density at radius 1 is 1.18 bits per heavy atom. The third kappa shape index (κ3) is 8.95. The van der Waals surface area contributed by atoms with E-state index < -0.39 is 10.1 Å². The summed E-state index contributed by atoms with van der Waals surface area (Å²) >= 11 is 0. The number of rotatable bonds is 9. The van der Waals surface area contributed by atoms with Crippen LogP contribution < -0.4 is 0 Å². The van der Waals surface area contributed by atoms with Gasteiger partial charge in [-0.25, -0.2) is 4.39 Å². The van der Waals surface area contributed by atoms with Gasteiger partial charge in [0.05, 0.1) is 5.75 Å². The van der Waals surface area contributed by atoms with Crippen molar-refractivity contribution in [2.45, 2.75) is 39.5 Å². The first-order valence-corrected chi connectivity index (χ1v) is 9.26. The van der Waals surface area contributed by atoms with Gasteiger partial charge < -0.3 is 0 Å². The molecule has 3 nitrogen and oxygen atoms in total. The first-order chi connectivity index (χ1) is 10.3. The number of hydrogen-bond donors (Lipinski definition) is 1. The van der Waals surface area contributed by atoms with Gasteiger partial charge in [-0.3, -0.25) is 4.55 Å². The molecule has 0 bridgehead atoms. The highest BCUT2D eigenvalue weighted by Gasteiger charge is 2.09. The second-order valence-corrected chi connectivity index (χ2v) is 7.65. The number of benzene rings is 1. The maximum atomic E-state index is 12.9. The molecule has 1 atom stereocenters. The van der Waals surface area contributed by atoms with E-state index in [9.17, 15) is 12.8 Å². The van der Waals surface area contributed by atoms with Crippen molar-refractivity contribution < 1.29 is 17.4 Å². The fourth-order valence-electron chi connectivity index (χ4n) is 2.41. The number of hydrogen-bond acceptors (Lipinski definition) is 2. The normalized spacial score (nSPS) is 13.9. The van der Waals surface area contributed by atoms with Crippen LogP contribution in [0.15, 0.2) is 30.3 Å². The Bertz CT molecular complexity index is 562. The van der Waals surface area contributed by atoms with E-state index in [1.165, 1.54) is 12.1 Å². The Kier molecular flexibility index (Phi) is 7.76. The number of halogens is 1. The molecule has 0 fully saturated rings. The zero-order valence-corrected chi connectivity index (χ0v) is 14.0. The monoisotopic (exact) mass is 328 g/mol. The van der Waals surface area contributed by atoms with Gasteiger partial charge in [-0.2, -0.15) is 8.42 Å². The quantitative estimate of drug-likeness (QED) is 0.534. The van der Waals surface area contributed by atoms with Gasteiger partial charge in [0.2, 0.25) is 0 Å². The predicted molar refractivity (Wildman–Crippen MR) is 88.6 cm³/mol. The standard InChI is InChI=1S/C17H25FO3S/c1-14(2)13-16(5-3-4-12-22(19,20)21)7-6-15-8-10-17(18)11-9-15/h6-11,14,16H,3-5,12-13H2,1-2H3,(H,19,20,21)/b7-6+/t16-/m0/s1. The van der Waals surface area contributed by atoms with E-state index in [0.29, 0.717) is 18.3 Å². The van der Waals surface area contributed by atoms with Crippen molar-refractivity contribution in [3.63, 3.8) is 0 Å². The van der Waals surface area contributed by atoms with E-state index in [1.54, 1.807) is 12.1 Å². The molecule has 0 spiro atoms. The molecule has 0 saturated heterocycles. The van der Waals surface area contributed by atoms with Crippen LogP contribution in [0.4, 0.5) is 4.39 Å². The summed E-state index contributed by atoms with van der Waals surface area (Å²) in [4.78, 5) is 0. The van der Waals surface area contributed by atoms with Crippen molar-refractivity contribution in [3.05, 3.63) is 41.7 Å². The lowest BCUT2D eigenvalue weighted by Gasteiger charge is -2.15. The van der Waals surface area contributed by atoms with Gasteiger partial charge in [-0.15, -0.1) is 0 Å². The molecule has 0 unspecified atom stereocenters. The fourth-order valence-corrected chi connectivity index (χ4v) is 2.98. The maximum absolute atomic E-state index is 12.9. The zero-order valence-electron chi connectivity index (χ0n) is 13.2. The zero-order chi connectivity index (χ0) is 16.6. The lowest BCUT2D eigenvalue weighted by molar-refractivity contribution is 0.436. The van der Waals surface area contributed by atoms with Crippen LogP contribution in [0.1, 0.15) is 45.1 Å². The second kappa shape index (κ2) is 9.06. The third-order valence-corrected chi connectivity index (χ3v) is 4.24. The summed E-state index contributed by atoms with van der Waals surface area (Å²) in [7, 11) is -3.86. The Balaban J connectivity index is 2.54. The molecule has 5 heteroatoms. The van der Waals surface area contributed by atoms with Crippen LogP contribution in [0.25, 0.3) is 6.08 Å². The van der Waals surface area contributed by atoms with Crippen LogP contribution in [-0.2, 0) is 10.1 Å². The minimum Gasteiger partial charge on any atom is -0.286 e. The predicted octanol–water partition coefficient (Wildman–Crippen LogP) is 4.56. The summed E-state index contributed by atoms with van der Waals surface area (Å²) in [6, 6.07) is 6.33. The van der Waals surface area contributed by atoms with E-state index in [-0.39, 0.29) is 11.6 Å². The average molecular weight is 328 g/mol. The molecule has 1 aromatic rings. The van der Waals surface area contributed by atoms with E-state index in [4.69, 9.17) is 4.55 Å². The molecular formula is C17H25FO3S. The van der Waals surface area contributed by atoms with Crippen molar-refractivity contribution in [2.24, 2.45) is 11.8 Å². The molecule has 0 heterocycles. The van der Waals surface area contributed by atoms with Crippen molar-refractivity contribution in [3.8, 4) is 0 Å². The molecule has 0 aromatic heterocycles. The van der Waals surface area contributed by atoms with E-state index in [1.807, 2.05) is 6.08 Å². The van der Waals surface area contributed by atoms with Gasteiger partial charge in [0.25, 0.3) is 10.1 Å². The lowest BCUT2D eigenvalue weighted by Crippen LogP contribution is -2.06. The second-order valence-electron chi connectivity index (χ2n) is 6.08. The SMILES string of the molecule is CC(C)C[C@H](/C=C/c1ccc(F)cc1)CCCCS(=O)(=O)O. The Labute approximate surface area is 133 Å². The smallest absolute Gasteiger partial charge is 0.264 e. The van der Waals surface area contributed by atoms with Gasteiger partial charge in [0.1, 0.15) is 5.82 Å². The molecule has 0 saturated carbocycles. The third-order valence-electron chi connectivity index (χ3n) is 3.43. The van der Waals surface area contributed by atoms with Crippen LogP contribution in [-0.4, -0.2) is 18.7 Å². The molecular weight excluding hydrogens is 303 g/mol. The van der Waals surface area contributed by atoms with E-state index in [2.05, 4.69) is 19.9 Å². The van der Waals surface area contributed by atoms with Gasteiger partial charge in [0.15, 0.2) is 0 Å². The van der Waals surface area contributed by atoms with Crippen LogP contribution >= 0.6 is 0 Å². The highest BCUT2D eigenvalue weighted by atomic mass is 32.2.